The van der Waals surface area contributed by atoms with Gasteiger partial charge in [0.15, 0.2) is 5.82 Å². The van der Waals surface area contributed by atoms with Crippen LogP contribution in [0.2, 0.25) is 5.02 Å². The number of nitrogen functional groups attached to an aromatic ring is 1. The summed E-state index contributed by atoms with van der Waals surface area (Å²) in [4.78, 5) is 12.0. The second-order valence-corrected chi connectivity index (χ2v) is 4.62. The summed E-state index contributed by atoms with van der Waals surface area (Å²) in [5.74, 6) is -0.710. The average Bonchev–Trinajstić information content (AvgIpc) is 2.79. The van der Waals surface area contributed by atoms with Crippen molar-refractivity contribution in [2.75, 3.05) is 11.1 Å². The third-order valence-corrected chi connectivity index (χ3v) is 3.19. The van der Waals surface area contributed by atoms with Crippen LogP contribution in [0, 0.1) is 6.92 Å². The van der Waals surface area contributed by atoms with Crippen LogP contribution in [-0.2, 0) is 4.79 Å². The number of carbonyl (C=O) groups is 1. The maximum Gasteiger partial charge on any atom is 0.233 e. The standard InChI is InChI=1S/C12H13ClN4O2/c1-6-3-4-8(5-9(6)13)15-12(18)7(2)10-11(14)17-19-16-10/h3-5,7H,1-2H3,(H2,14,17)(H,15,18). The molecular formula is C12H13ClN4O2. The van der Waals surface area contributed by atoms with Crippen LogP contribution in [0.25, 0.3) is 0 Å². The molecule has 0 aliphatic rings. The van der Waals surface area contributed by atoms with Crippen LogP contribution in [0.3, 0.4) is 0 Å². The lowest BCUT2D eigenvalue weighted by Gasteiger charge is -2.10. The molecule has 1 aromatic heterocycles. The zero-order chi connectivity index (χ0) is 14.0. The third-order valence-electron chi connectivity index (χ3n) is 2.78. The van der Waals surface area contributed by atoms with Gasteiger partial charge in [0.1, 0.15) is 5.69 Å². The molecule has 6 nitrogen and oxygen atoms in total. The molecule has 0 bridgehead atoms. The van der Waals surface area contributed by atoms with E-state index in [4.69, 9.17) is 17.3 Å². The first-order valence-electron chi connectivity index (χ1n) is 5.64. The summed E-state index contributed by atoms with van der Waals surface area (Å²) in [5, 5.41) is 10.4. The van der Waals surface area contributed by atoms with Crippen LogP contribution in [0.15, 0.2) is 22.8 Å². The van der Waals surface area contributed by atoms with Gasteiger partial charge in [-0.05, 0) is 36.7 Å². The van der Waals surface area contributed by atoms with Crippen molar-refractivity contribution in [3.63, 3.8) is 0 Å². The predicted octanol–water partition coefficient (Wildman–Crippen LogP) is 2.36. The Morgan fingerprint density at radius 1 is 1.47 bits per heavy atom. The minimum absolute atomic E-state index is 0.115. The molecule has 100 valence electrons. The number of carbonyl (C=O) groups excluding carboxylic acids is 1. The number of amides is 1. The SMILES string of the molecule is Cc1ccc(NC(=O)C(C)c2nonc2N)cc1Cl. The molecule has 1 heterocycles. The van der Waals surface area contributed by atoms with E-state index >= 15 is 0 Å². The van der Waals surface area contributed by atoms with Gasteiger partial charge in [-0.1, -0.05) is 22.8 Å². The van der Waals surface area contributed by atoms with Crippen LogP contribution >= 0.6 is 11.6 Å². The van der Waals surface area contributed by atoms with Crippen molar-refractivity contribution in [1.29, 1.82) is 0 Å². The summed E-state index contributed by atoms with van der Waals surface area (Å²) in [6.07, 6.45) is 0. The molecule has 0 saturated carbocycles. The smallest absolute Gasteiger partial charge is 0.233 e. The van der Waals surface area contributed by atoms with Gasteiger partial charge in [0.05, 0.1) is 5.92 Å². The Kier molecular flexibility index (Phi) is 3.71. The summed E-state index contributed by atoms with van der Waals surface area (Å²) in [6, 6.07) is 5.29. The Morgan fingerprint density at radius 3 is 2.79 bits per heavy atom. The van der Waals surface area contributed by atoms with E-state index in [1.807, 2.05) is 13.0 Å². The minimum atomic E-state index is -0.564. The van der Waals surface area contributed by atoms with Crippen LogP contribution in [0.1, 0.15) is 24.1 Å². The van der Waals surface area contributed by atoms with Gasteiger partial charge in [0.25, 0.3) is 0 Å². The molecule has 7 heteroatoms. The molecule has 2 aromatic rings. The molecule has 1 amide bonds. The zero-order valence-corrected chi connectivity index (χ0v) is 11.2. The Morgan fingerprint density at radius 2 is 2.21 bits per heavy atom. The highest BCUT2D eigenvalue weighted by molar-refractivity contribution is 6.31. The summed E-state index contributed by atoms with van der Waals surface area (Å²) in [5.41, 5.74) is 7.42. The molecular weight excluding hydrogens is 268 g/mol. The highest BCUT2D eigenvalue weighted by Gasteiger charge is 2.22. The lowest BCUT2D eigenvalue weighted by Crippen LogP contribution is -2.20. The van der Waals surface area contributed by atoms with Crippen molar-refractivity contribution in [3.05, 3.63) is 34.5 Å². The van der Waals surface area contributed by atoms with Gasteiger partial charge in [-0.15, -0.1) is 0 Å². The summed E-state index contributed by atoms with van der Waals surface area (Å²) in [7, 11) is 0. The fourth-order valence-corrected chi connectivity index (χ4v) is 1.73. The number of nitrogens with zero attached hydrogens (tertiary/aromatic N) is 2. The molecule has 3 N–H and O–H groups in total. The monoisotopic (exact) mass is 280 g/mol. The Hall–Kier alpha value is -2.08. The third kappa shape index (κ3) is 2.85. The highest BCUT2D eigenvalue weighted by atomic mass is 35.5. The molecule has 0 fully saturated rings. The number of aromatic nitrogens is 2. The maximum absolute atomic E-state index is 12.0. The topological polar surface area (TPSA) is 94.0 Å². The number of aryl methyl sites for hydroxylation is 1. The molecule has 1 atom stereocenters. The molecule has 19 heavy (non-hydrogen) atoms. The Labute approximate surface area is 114 Å². The van der Waals surface area contributed by atoms with Crippen molar-refractivity contribution in [3.8, 4) is 0 Å². The fraction of sp³-hybridized carbons (Fsp3) is 0.250. The molecule has 0 spiro atoms. The van der Waals surface area contributed by atoms with Crippen molar-refractivity contribution in [2.45, 2.75) is 19.8 Å². The zero-order valence-electron chi connectivity index (χ0n) is 10.5. The lowest BCUT2D eigenvalue weighted by molar-refractivity contribution is -0.117. The van der Waals surface area contributed by atoms with E-state index in [2.05, 4.69) is 20.3 Å². The van der Waals surface area contributed by atoms with Crippen molar-refractivity contribution < 1.29 is 9.42 Å². The number of benzene rings is 1. The van der Waals surface area contributed by atoms with Gasteiger partial charge in [0, 0.05) is 10.7 Å². The van der Waals surface area contributed by atoms with E-state index in [-0.39, 0.29) is 11.7 Å². The second kappa shape index (κ2) is 5.27. The highest BCUT2D eigenvalue weighted by Crippen LogP contribution is 2.23. The van der Waals surface area contributed by atoms with Crippen LogP contribution in [0.5, 0.6) is 0 Å². The van der Waals surface area contributed by atoms with Gasteiger partial charge < -0.3 is 11.1 Å². The number of nitrogens with two attached hydrogens (primary N) is 1. The molecule has 1 unspecified atom stereocenters. The minimum Gasteiger partial charge on any atom is -0.379 e. The number of rotatable bonds is 3. The molecule has 2 rings (SSSR count). The number of anilines is 2. The second-order valence-electron chi connectivity index (χ2n) is 4.21. The van der Waals surface area contributed by atoms with E-state index < -0.39 is 5.92 Å². The quantitative estimate of drug-likeness (QED) is 0.900. The summed E-state index contributed by atoms with van der Waals surface area (Å²) < 4.78 is 4.48. The number of halogens is 1. The lowest BCUT2D eigenvalue weighted by atomic mass is 10.1. The summed E-state index contributed by atoms with van der Waals surface area (Å²) in [6.45, 7) is 3.55. The molecule has 0 aliphatic carbocycles. The fourth-order valence-electron chi connectivity index (χ4n) is 1.55. The van der Waals surface area contributed by atoms with E-state index in [0.717, 1.165) is 5.56 Å². The van der Waals surface area contributed by atoms with E-state index in [1.54, 1.807) is 19.1 Å². The van der Waals surface area contributed by atoms with Gasteiger partial charge in [-0.25, -0.2) is 4.63 Å². The molecule has 0 saturated heterocycles. The molecule has 0 aliphatic heterocycles. The molecule has 1 aromatic carbocycles. The number of hydrogen-bond acceptors (Lipinski definition) is 5. The average molecular weight is 281 g/mol. The normalized spacial score (nSPS) is 12.2. The van der Waals surface area contributed by atoms with Crippen molar-refractivity contribution >= 4 is 29.0 Å². The largest absolute Gasteiger partial charge is 0.379 e. The van der Waals surface area contributed by atoms with Gasteiger partial charge in [0.2, 0.25) is 5.91 Å². The first-order chi connectivity index (χ1) is 8.99. The number of hydrogen-bond donors (Lipinski definition) is 2. The van der Waals surface area contributed by atoms with Gasteiger partial charge >= 0.3 is 0 Å². The Bertz CT molecular complexity index is 612. The van der Waals surface area contributed by atoms with Crippen LogP contribution in [-0.4, -0.2) is 16.2 Å². The van der Waals surface area contributed by atoms with Crippen molar-refractivity contribution in [2.24, 2.45) is 0 Å². The summed E-state index contributed by atoms with van der Waals surface area (Å²) >= 11 is 5.99. The molecule has 0 radical (unpaired) electrons. The van der Waals surface area contributed by atoms with Gasteiger partial charge in [-0.2, -0.15) is 0 Å². The van der Waals surface area contributed by atoms with Crippen LogP contribution < -0.4 is 11.1 Å². The van der Waals surface area contributed by atoms with E-state index in [1.165, 1.54) is 0 Å². The first kappa shape index (κ1) is 13.4. The first-order valence-corrected chi connectivity index (χ1v) is 6.01. The van der Waals surface area contributed by atoms with E-state index in [0.29, 0.717) is 16.4 Å². The van der Waals surface area contributed by atoms with E-state index in [9.17, 15) is 4.79 Å². The maximum atomic E-state index is 12.0. The van der Waals surface area contributed by atoms with Crippen LogP contribution in [0.4, 0.5) is 11.5 Å². The van der Waals surface area contributed by atoms with Crippen molar-refractivity contribution in [1.82, 2.24) is 10.3 Å². The van der Waals surface area contributed by atoms with Gasteiger partial charge in [-0.3, -0.25) is 4.79 Å². The predicted molar refractivity (Wildman–Crippen MR) is 71.9 cm³/mol. The Balaban J connectivity index is 2.13. The number of nitrogens with one attached hydrogen (secondary N) is 1.